The lowest BCUT2D eigenvalue weighted by molar-refractivity contribution is -0.122. The van der Waals surface area contributed by atoms with Crippen molar-refractivity contribution in [3.05, 3.63) is 70.0 Å². The molecule has 0 unspecified atom stereocenters. The van der Waals surface area contributed by atoms with Crippen molar-refractivity contribution in [2.24, 2.45) is 0 Å². The topological polar surface area (TPSA) is 71.6 Å². The first-order chi connectivity index (χ1) is 13.0. The maximum absolute atomic E-state index is 12.7. The summed E-state index contributed by atoms with van der Waals surface area (Å²) in [4.78, 5) is 29.7. The van der Waals surface area contributed by atoms with Crippen molar-refractivity contribution in [2.45, 2.75) is 13.5 Å². The van der Waals surface area contributed by atoms with Crippen molar-refractivity contribution < 1.29 is 14.3 Å². The van der Waals surface area contributed by atoms with Crippen LogP contribution in [0.3, 0.4) is 0 Å². The Hall–Kier alpha value is -3.12. The lowest BCUT2D eigenvalue weighted by Crippen LogP contribution is -2.35. The first-order valence-electron chi connectivity index (χ1n) is 8.59. The van der Waals surface area contributed by atoms with Crippen molar-refractivity contribution in [1.82, 2.24) is 4.98 Å². The van der Waals surface area contributed by atoms with Crippen molar-refractivity contribution in [2.75, 3.05) is 25.7 Å². The molecule has 1 heterocycles. The lowest BCUT2D eigenvalue weighted by Gasteiger charge is -2.24. The summed E-state index contributed by atoms with van der Waals surface area (Å²) in [5.41, 5.74) is 2.66. The van der Waals surface area contributed by atoms with E-state index in [2.05, 4.69) is 4.98 Å². The fourth-order valence-corrected chi connectivity index (χ4v) is 3.08. The first-order valence-corrected chi connectivity index (χ1v) is 8.59. The summed E-state index contributed by atoms with van der Waals surface area (Å²) in [7, 11) is 3.01. The van der Waals surface area contributed by atoms with Gasteiger partial charge in [-0.3, -0.25) is 9.59 Å². The number of fused-ring (bicyclic) bond motifs is 1. The number of amides is 1. The molecule has 1 aromatic heterocycles. The molecule has 0 aliphatic heterocycles. The summed E-state index contributed by atoms with van der Waals surface area (Å²) in [6, 6.07) is 14.8. The van der Waals surface area contributed by atoms with Crippen LogP contribution in [0.15, 0.2) is 53.3 Å². The predicted molar refractivity (Wildman–Crippen MR) is 105 cm³/mol. The standard InChI is InChI=1S/C21H22N2O4/c1-14-7-6-8-15-11-16(21(25)22-20(14)15)12-23(19(24)13-26-2)17-9-4-5-10-18(17)27-3/h4-11H,12-13H2,1-3H3,(H,22,25). The van der Waals surface area contributed by atoms with Gasteiger partial charge in [-0.15, -0.1) is 0 Å². The first kappa shape index (κ1) is 18.7. The number of hydrogen-bond donors (Lipinski definition) is 1. The molecule has 1 amide bonds. The average Bonchev–Trinajstić information content (AvgIpc) is 2.67. The number of rotatable bonds is 6. The number of aromatic nitrogens is 1. The summed E-state index contributed by atoms with van der Waals surface area (Å²) in [5.74, 6) is 0.292. The molecule has 0 saturated carbocycles. The number of aryl methyl sites for hydroxylation is 1. The van der Waals surface area contributed by atoms with Crippen LogP contribution in [0, 0.1) is 6.92 Å². The average molecular weight is 366 g/mol. The molecule has 0 spiro atoms. The third kappa shape index (κ3) is 3.85. The number of carbonyl (C=O) groups excluding carboxylic acids is 1. The molecular weight excluding hydrogens is 344 g/mol. The van der Waals surface area contributed by atoms with E-state index in [9.17, 15) is 9.59 Å². The third-order valence-electron chi connectivity index (χ3n) is 4.44. The zero-order valence-corrected chi connectivity index (χ0v) is 15.6. The fraction of sp³-hybridized carbons (Fsp3) is 0.238. The van der Waals surface area contributed by atoms with Crippen LogP contribution in [0.4, 0.5) is 5.69 Å². The van der Waals surface area contributed by atoms with Crippen molar-refractivity contribution in [3.63, 3.8) is 0 Å². The van der Waals surface area contributed by atoms with E-state index in [-0.39, 0.29) is 24.6 Å². The highest BCUT2D eigenvalue weighted by Crippen LogP contribution is 2.29. The number of hydrogen-bond acceptors (Lipinski definition) is 4. The summed E-state index contributed by atoms with van der Waals surface area (Å²) in [6.45, 7) is 1.96. The van der Waals surface area contributed by atoms with E-state index >= 15 is 0 Å². The number of pyridine rings is 1. The zero-order valence-electron chi connectivity index (χ0n) is 15.6. The van der Waals surface area contributed by atoms with E-state index in [4.69, 9.17) is 9.47 Å². The van der Waals surface area contributed by atoms with Crippen molar-refractivity contribution >= 4 is 22.5 Å². The minimum absolute atomic E-state index is 0.0946. The lowest BCUT2D eigenvalue weighted by atomic mass is 10.1. The molecule has 27 heavy (non-hydrogen) atoms. The monoisotopic (exact) mass is 366 g/mol. The van der Waals surface area contributed by atoms with Crippen LogP contribution in [-0.4, -0.2) is 31.7 Å². The van der Waals surface area contributed by atoms with Crippen LogP contribution in [0.5, 0.6) is 5.75 Å². The van der Waals surface area contributed by atoms with Gasteiger partial charge in [0.1, 0.15) is 12.4 Å². The molecule has 0 bridgehead atoms. The van der Waals surface area contributed by atoms with Gasteiger partial charge in [0.2, 0.25) is 0 Å². The number of aromatic amines is 1. The number of methoxy groups -OCH3 is 2. The third-order valence-corrected chi connectivity index (χ3v) is 4.44. The second-order valence-corrected chi connectivity index (χ2v) is 6.25. The minimum Gasteiger partial charge on any atom is -0.495 e. The van der Waals surface area contributed by atoms with E-state index in [0.29, 0.717) is 17.0 Å². The van der Waals surface area contributed by atoms with Gasteiger partial charge in [-0.1, -0.05) is 30.3 Å². The molecule has 140 valence electrons. The molecule has 6 nitrogen and oxygen atoms in total. The number of anilines is 1. The van der Waals surface area contributed by atoms with Gasteiger partial charge in [0.05, 0.1) is 24.9 Å². The minimum atomic E-state index is -0.259. The summed E-state index contributed by atoms with van der Waals surface area (Å²) in [6.07, 6.45) is 0. The summed E-state index contributed by atoms with van der Waals surface area (Å²) in [5, 5.41) is 0.920. The van der Waals surface area contributed by atoms with Crippen LogP contribution in [0.25, 0.3) is 10.9 Å². The van der Waals surface area contributed by atoms with Gasteiger partial charge in [-0.05, 0) is 36.1 Å². The highest BCUT2D eigenvalue weighted by molar-refractivity contribution is 5.95. The maximum atomic E-state index is 12.7. The number of ether oxygens (including phenoxy) is 2. The Morgan fingerprint density at radius 1 is 1.11 bits per heavy atom. The molecule has 0 atom stereocenters. The Kier molecular flexibility index (Phi) is 5.57. The van der Waals surface area contributed by atoms with Gasteiger partial charge >= 0.3 is 0 Å². The largest absolute Gasteiger partial charge is 0.495 e. The molecule has 3 rings (SSSR count). The molecule has 0 aliphatic carbocycles. The van der Waals surface area contributed by atoms with E-state index in [1.165, 1.54) is 12.0 Å². The quantitative estimate of drug-likeness (QED) is 0.728. The predicted octanol–water partition coefficient (Wildman–Crippen LogP) is 3.02. The van der Waals surface area contributed by atoms with E-state index in [0.717, 1.165) is 16.5 Å². The molecule has 3 aromatic rings. The zero-order chi connectivity index (χ0) is 19.4. The second-order valence-electron chi connectivity index (χ2n) is 6.25. The van der Waals surface area contributed by atoms with Gasteiger partial charge < -0.3 is 19.4 Å². The van der Waals surface area contributed by atoms with Crippen LogP contribution in [0.2, 0.25) is 0 Å². The van der Waals surface area contributed by atoms with Gasteiger partial charge in [0.15, 0.2) is 0 Å². The molecular formula is C21H22N2O4. The molecule has 0 fully saturated rings. The fourth-order valence-electron chi connectivity index (χ4n) is 3.08. The summed E-state index contributed by atoms with van der Waals surface area (Å²) >= 11 is 0. The maximum Gasteiger partial charge on any atom is 0.253 e. The highest BCUT2D eigenvalue weighted by Gasteiger charge is 2.21. The Morgan fingerprint density at radius 2 is 1.89 bits per heavy atom. The molecule has 0 aliphatic rings. The number of benzene rings is 2. The highest BCUT2D eigenvalue weighted by atomic mass is 16.5. The summed E-state index contributed by atoms with van der Waals surface area (Å²) < 4.78 is 10.4. The van der Waals surface area contributed by atoms with Crippen LogP contribution >= 0.6 is 0 Å². The van der Waals surface area contributed by atoms with Gasteiger partial charge in [0, 0.05) is 12.7 Å². The van der Waals surface area contributed by atoms with Crippen molar-refractivity contribution in [3.8, 4) is 5.75 Å². The number of carbonyl (C=O) groups is 1. The van der Waals surface area contributed by atoms with E-state index < -0.39 is 0 Å². The Labute approximate surface area is 157 Å². The second kappa shape index (κ2) is 8.05. The SMILES string of the molecule is COCC(=O)N(Cc1cc2cccc(C)c2[nH]c1=O)c1ccccc1OC. The molecule has 6 heteroatoms. The number of nitrogens with zero attached hydrogens (tertiary/aromatic N) is 1. The van der Waals surface area contributed by atoms with Crippen molar-refractivity contribution in [1.29, 1.82) is 0 Å². The Bertz CT molecular complexity index is 1030. The smallest absolute Gasteiger partial charge is 0.253 e. The number of para-hydroxylation sites is 3. The Balaban J connectivity index is 2.07. The molecule has 0 radical (unpaired) electrons. The number of H-pyrrole nitrogens is 1. The van der Waals surface area contributed by atoms with E-state index in [1.54, 1.807) is 19.2 Å². The van der Waals surface area contributed by atoms with Crippen LogP contribution in [-0.2, 0) is 16.1 Å². The molecule has 0 saturated heterocycles. The van der Waals surface area contributed by atoms with Crippen LogP contribution in [0.1, 0.15) is 11.1 Å². The van der Waals surface area contributed by atoms with E-state index in [1.807, 2.05) is 43.3 Å². The van der Waals surface area contributed by atoms with Gasteiger partial charge in [-0.25, -0.2) is 0 Å². The Morgan fingerprint density at radius 3 is 2.63 bits per heavy atom. The van der Waals surface area contributed by atoms with Gasteiger partial charge in [0.25, 0.3) is 11.5 Å². The molecule has 1 N–H and O–H groups in total. The van der Waals surface area contributed by atoms with Gasteiger partial charge in [-0.2, -0.15) is 0 Å². The normalized spacial score (nSPS) is 10.8. The van der Waals surface area contributed by atoms with Crippen LogP contribution < -0.4 is 15.2 Å². The molecule has 2 aromatic carbocycles. The number of nitrogens with one attached hydrogen (secondary N) is 1.